The lowest BCUT2D eigenvalue weighted by molar-refractivity contribution is -0.119. The van der Waals surface area contributed by atoms with Crippen molar-refractivity contribution in [2.75, 3.05) is 13.1 Å². The smallest absolute Gasteiger partial charge is 0.231 e. The van der Waals surface area contributed by atoms with Crippen LogP contribution in [0.25, 0.3) is 0 Å². The first-order valence-corrected chi connectivity index (χ1v) is 5.40. The number of hydrogen-bond acceptors (Lipinski definition) is 3. The first-order chi connectivity index (χ1) is 7.01. The fourth-order valence-corrected chi connectivity index (χ4v) is 1.65. The van der Waals surface area contributed by atoms with Crippen molar-refractivity contribution < 1.29 is 4.79 Å². The van der Waals surface area contributed by atoms with E-state index in [1.807, 2.05) is 11.8 Å². The van der Waals surface area contributed by atoms with Gasteiger partial charge in [0, 0.05) is 12.6 Å². The summed E-state index contributed by atoms with van der Waals surface area (Å²) >= 11 is 0. The number of nitriles is 1. The number of amides is 1. The molecule has 0 saturated carbocycles. The monoisotopic (exact) mass is 211 g/mol. The quantitative estimate of drug-likeness (QED) is 0.686. The topological polar surface area (TPSA) is 70.1 Å². The second-order valence-electron chi connectivity index (χ2n) is 4.21. The lowest BCUT2D eigenvalue weighted by atomic mass is 10.1. The molecule has 0 aromatic carbocycles. The van der Waals surface area contributed by atoms with Crippen molar-refractivity contribution in [3.63, 3.8) is 0 Å². The standard InChI is InChI=1S/C11H21N3O/c1-4-10(5-6-12)14(7-9(2)3)8-11(13)15/h9-10H,4-5,7-8H2,1-3H3,(H2,13,15). The largest absolute Gasteiger partial charge is 0.369 e. The molecule has 2 N–H and O–H groups in total. The summed E-state index contributed by atoms with van der Waals surface area (Å²) < 4.78 is 0. The van der Waals surface area contributed by atoms with E-state index in [-0.39, 0.29) is 18.5 Å². The van der Waals surface area contributed by atoms with Crippen molar-refractivity contribution in [2.45, 2.75) is 39.7 Å². The van der Waals surface area contributed by atoms with Crippen LogP contribution in [0.4, 0.5) is 0 Å². The Morgan fingerprint density at radius 2 is 2.13 bits per heavy atom. The summed E-state index contributed by atoms with van der Waals surface area (Å²) in [5, 5.41) is 8.69. The Hall–Kier alpha value is -1.08. The molecule has 1 unspecified atom stereocenters. The van der Waals surface area contributed by atoms with Crippen molar-refractivity contribution in [3.05, 3.63) is 0 Å². The average molecular weight is 211 g/mol. The van der Waals surface area contributed by atoms with E-state index in [0.29, 0.717) is 12.3 Å². The minimum Gasteiger partial charge on any atom is -0.369 e. The molecule has 4 nitrogen and oxygen atoms in total. The number of carbonyl (C=O) groups excluding carboxylic acids is 1. The Kier molecular flexibility index (Phi) is 6.72. The number of hydrogen-bond donors (Lipinski definition) is 1. The molecule has 86 valence electrons. The molecular formula is C11H21N3O. The average Bonchev–Trinajstić information content (AvgIpc) is 2.11. The van der Waals surface area contributed by atoms with Gasteiger partial charge in [0.2, 0.25) is 5.91 Å². The van der Waals surface area contributed by atoms with E-state index in [1.54, 1.807) is 0 Å². The maximum absolute atomic E-state index is 10.9. The van der Waals surface area contributed by atoms with Gasteiger partial charge in [-0.05, 0) is 12.3 Å². The van der Waals surface area contributed by atoms with E-state index >= 15 is 0 Å². The third-order valence-electron chi connectivity index (χ3n) is 2.27. The molecule has 0 radical (unpaired) electrons. The molecule has 0 heterocycles. The van der Waals surface area contributed by atoms with Gasteiger partial charge in [-0.25, -0.2) is 0 Å². The van der Waals surface area contributed by atoms with Gasteiger partial charge in [0.1, 0.15) is 0 Å². The van der Waals surface area contributed by atoms with Gasteiger partial charge in [-0.2, -0.15) is 5.26 Å². The molecule has 0 rings (SSSR count). The molecule has 0 fully saturated rings. The summed E-state index contributed by atoms with van der Waals surface area (Å²) in [6.45, 7) is 7.26. The van der Waals surface area contributed by atoms with Gasteiger partial charge < -0.3 is 5.73 Å². The summed E-state index contributed by atoms with van der Waals surface area (Å²) in [5.74, 6) is 0.143. The van der Waals surface area contributed by atoms with Crippen LogP contribution in [0.2, 0.25) is 0 Å². The van der Waals surface area contributed by atoms with Crippen molar-refractivity contribution in [3.8, 4) is 6.07 Å². The van der Waals surface area contributed by atoms with Gasteiger partial charge in [0.05, 0.1) is 19.0 Å². The molecule has 1 amide bonds. The zero-order chi connectivity index (χ0) is 11.8. The van der Waals surface area contributed by atoms with Crippen LogP contribution in [0.15, 0.2) is 0 Å². The van der Waals surface area contributed by atoms with Crippen molar-refractivity contribution in [1.82, 2.24) is 4.90 Å². The van der Waals surface area contributed by atoms with Crippen molar-refractivity contribution in [1.29, 1.82) is 5.26 Å². The van der Waals surface area contributed by atoms with E-state index < -0.39 is 0 Å². The Bertz CT molecular complexity index is 232. The lowest BCUT2D eigenvalue weighted by Gasteiger charge is -2.29. The van der Waals surface area contributed by atoms with Crippen LogP contribution in [0.3, 0.4) is 0 Å². The summed E-state index contributed by atoms with van der Waals surface area (Å²) in [4.78, 5) is 12.9. The first kappa shape index (κ1) is 13.9. The van der Waals surface area contributed by atoms with Crippen LogP contribution in [-0.4, -0.2) is 29.9 Å². The van der Waals surface area contributed by atoms with E-state index in [1.165, 1.54) is 0 Å². The van der Waals surface area contributed by atoms with Crippen LogP contribution in [0, 0.1) is 17.2 Å². The maximum Gasteiger partial charge on any atom is 0.231 e. The molecule has 0 aliphatic rings. The number of nitrogens with two attached hydrogens (primary N) is 1. The molecule has 0 aromatic heterocycles. The number of carbonyl (C=O) groups is 1. The molecule has 0 aliphatic carbocycles. The second kappa shape index (κ2) is 7.24. The van der Waals surface area contributed by atoms with Crippen molar-refractivity contribution in [2.24, 2.45) is 11.7 Å². The SMILES string of the molecule is CCC(CC#N)N(CC(N)=O)CC(C)C. The van der Waals surface area contributed by atoms with Gasteiger partial charge in [-0.1, -0.05) is 20.8 Å². The van der Waals surface area contributed by atoms with Crippen LogP contribution >= 0.6 is 0 Å². The minimum atomic E-state index is -0.327. The Balaban J connectivity index is 4.43. The molecule has 0 aliphatic heterocycles. The highest BCUT2D eigenvalue weighted by Crippen LogP contribution is 2.10. The summed E-state index contributed by atoms with van der Waals surface area (Å²) in [5.41, 5.74) is 5.19. The second-order valence-corrected chi connectivity index (χ2v) is 4.21. The van der Waals surface area contributed by atoms with Crippen molar-refractivity contribution >= 4 is 5.91 Å². The molecule has 0 aromatic rings. The number of rotatable bonds is 7. The molecular weight excluding hydrogens is 190 g/mol. The van der Waals surface area contributed by atoms with Gasteiger partial charge in [0.25, 0.3) is 0 Å². The zero-order valence-electron chi connectivity index (χ0n) is 9.86. The molecule has 1 atom stereocenters. The Morgan fingerprint density at radius 1 is 1.53 bits per heavy atom. The van der Waals surface area contributed by atoms with Gasteiger partial charge in [0.15, 0.2) is 0 Å². The highest BCUT2D eigenvalue weighted by Gasteiger charge is 2.19. The molecule has 0 bridgehead atoms. The summed E-state index contributed by atoms with van der Waals surface area (Å²) in [6.07, 6.45) is 1.32. The van der Waals surface area contributed by atoms with E-state index in [0.717, 1.165) is 13.0 Å². The number of primary amides is 1. The fourth-order valence-electron chi connectivity index (χ4n) is 1.65. The van der Waals surface area contributed by atoms with Gasteiger partial charge >= 0.3 is 0 Å². The van der Waals surface area contributed by atoms with Crippen LogP contribution in [0.5, 0.6) is 0 Å². The Labute approximate surface area is 92.0 Å². The van der Waals surface area contributed by atoms with Crippen LogP contribution < -0.4 is 5.73 Å². The maximum atomic E-state index is 10.9. The first-order valence-electron chi connectivity index (χ1n) is 5.40. The highest BCUT2D eigenvalue weighted by molar-refractivity contribution is 5.75. The third-order valence-corrected chi connectivity index (χ3v) is 2.27. The predicted molar refractivity (Wildman–Crippen MR) is 59.9 cm³/mol. The fraction of sp³-hybridized carbons (Fsp3) is 0.818. The molecule has 15 heavy (non-hydrogen) atoms. The highest BCUT2D eigenvalue weighted by atomic mass is 16.1. The van der Waals surface area contributed by atoms with E-state index in [4.69, 9.17) is 11.0 Å². The van der Waals surface area contributed by atoms with E-state index in [2.05, 4.69) is 19.9 Å². The van der Waals surface area contributed by atoms with Gasteiger partial charge in [-0.15, -0.1) is 0 Å². The summed E-state index contributed by atoms with van der Waals surface area (Å²) in [6, 6.07) is 2.30. The van der Waals surface area contributed by atoms with E-state index in [9.17, 15) is 4.79 Å². The van der Waals surface area contributed by atoms with Crippen LogP contribution in [0.1, 0.15) is 33.6 Å². The molecule has 0 spiro atoms. The normalized spacial score (nSPS) is 12.8. The molecule has 0 saturated heterocycles. The number of nitrogens with zero attached hydrogens (tertiary/aromatic N) is 2. The zero-order valence-corrected chi connectivity index (χ0v) is 9.86. The predicted octanol–water partition coefficient (Wildman–Crippen LogP) is 1.12. The Morgan fingerprint density at radius 3 is 2.47 bits per heavy atom. The van der Waals surface area contributed by atoms with Gasteiger partial charge in [-0.3, -0.25) is 9.69 Å². The van der Waals surface area contributed by atoms with Crippen LogP contribution in [-0.2, 0) is 4.79 Å². The summed E-state index contributed by atoms with van der Waals surface area (Å²) in [7, 11) is 0. The lowest BCUT2D eigenvalue weighted by Crippen LogP contribution is -2.42. The molecule has 4 heteroatoms. The third kappa shape index (κ3) is 6.08. The minimum absolute atomic E-state index is 0.143.